The van der Waals surface area contributed by atoms with Crippen LogP contribution in [0, 0.1) is 0 Å². The first-order chi connectivity index (χ1) is 11.0. The molecular formula is C13H22IN7O2S. The molecule has 3 amide bonds. The van der Waals surface area contributed by atoms with Crippen molar-refractivity contribution in [2.24, 2.45) is 4.99 Å². The van der Waals surface area contributed by atoms with E-state index in [0.29, 0.717) is 25.6 Å². The molecule has 0 aliphatic carbocycles. The molecular weight excluding hydrogens is 445 g/mol. The number of thiazole rings is 1. The highest BCUT2D eigenvalue weighted by molar-refractivity contribution is 14.0. The van der Waals surface area contributed by atoms with E-state index in [1.807, 2.05) is 24.4 Å². The van der Waals surface area contributed by atoms with E-state index in [4.69, 9.17) is 0 Å². The summed E-state index contributed by atoms with van der Waals surface area (Å²) in [6.07, 6.45) is 0. The molecule has 1 aromatic heterocycles. The van der Waals surface area contributed by atoms with Gasteiger partial charge in [0.25, 0.3) is 0 Å². The lowest BCUT2D eigenvalue weighted by molar-refractivity contribution is -0.124. The number of carbonyl (C=O) groups is 2. The van der Waals surface area contributed by atoms with Crippen LogP contribution in [-0.2, 0) is 11.3 Å². The maximum Gasteiger partial charge on any atom is 0.324 e. The molecule has 0 spiro atoms. The highest BCUT2D eigenvalue weighted by Crippen LogP contribution is 2.17. The fraction of sp³-hybridized carbons (Fsp3) is 0.538. The molecule has 0 radical (unpaired) electrons. The lowest BCUT2D eigenvalue weighted by atomic mass is 10.5. The van der Waals surface area contributed by atoms with E-state index in [1.54, 1.807) is 18.4 Å². The van der Waals surface area contributed by atoms with Crippen molar-refractivity contribution in [1.82, 2.24) is 25.8 Å². The minimum absolute atomic E-state index is 0. The molecule has 0 aromatic carbocycles. The largest absolute Gasteiger partial charge is 0.355 e. The summed E-state index contributed by atoms with van der Waals surface area (Å²) >= 11 is 1.58. The fourth-order valence-electron chi connectivity index (χ4n) is 1.95. The van der Waals surface area contributed by atoms with Crippen LogP contribution in [0.3, 0.4) is 0 Å². The summed E-state index contributed by atoms with van der Waals surface area (Å²) in [6, 6.07) is -0.349. The molecule has 0 bridgehead atoms. The molecule has 1 aliphatic heterocycles. The second kappa shape index (κ2) is 9.61. The first kappa shape index (κ1) is 20.4. The highest BCUT2D eigenvalue weighted by atomic mass is 127. The second-order valence-electron chi connectivity index (χ2n) is 5.07. The zero-order valence-corrected chi connectivity index (χ0v) is 17.0. The number of imide groups is 1. The van der Waals surface area contributed by atoms with Gasteiger partial charge in [-0.15, -0.1) is 35.3 Å². The third kappa shape index (κ3) is 5.47. The third-order valence-electron chi connectivity index (χ3n) is 3.15. The van der Waals surface area contributed by atoms with E-state index in [2.05, 4.69) is 25.9 Å². The van der Waals surface area contributed by atoms with Crippen molar-refractivity contribution in [1.29, 1.82) is 0 Å². The van der Waals surface area contributed by atoms with Gasteiger partial charge in [-0.2, -0.15) is 0 Å². The fourth-order valence-corrected chi connectivity index (χ4v) is 2.70. The van der Waals surface area contributed by atoms with Gasteiger partial charge in [0.05, 0.1) is 18.8 Å². The lowest BCUT2D eigenvalue weighted by Crippen LogP contribution is -2.43. The quantitative estimate of drug-likeness (QED) is 0.237. The highest BCUT2D eigenvalue weighted by Gasteiger charge is 2.27. The third-order valence-corrected chi connectivity index (χ3v) is 4.20. The van der Waals surface area contributed by atoms with Crippen LogP contribution in [0.15, 0.2) is 10.4 Å². The van der Waals surface area contributed by atoms with E-state index < -0.39 is 0 Å². The van der Waals surface area contributed by atoms with Gasteiger partial charge in [-0.3, -0.25) is 14.7 Å². The number of hydrogen-bond donors (Lipinski definition) is 3. The van der Waals surface area contributed by atoms with Crippen LogP contribution in [0.5, 0.6) is 0 Å². The molecule has 1 saturated heterocycles. The molecule has 1 fully saturated rings. The van der Waals surface area contributed by atoms with Gasteiger partial charge in [0.15, 0.2) is 11.1 Å². The van der Waals surface area contributed by atoms with E-state index in [0.717, 1.165) is 10.8 Å². The second-order valence-corrected chi connectivity index (χ2v) is 5.91. The van der Waals surface area contributed by atoms with Gasteiger partial charge < -0.3 is 20.9 Å². The van der Waals surface area contributed by atoms with Gasteiger partial charge in [0.1, 0.15) is 0 Å². The number of amides is 3. The number of carbonyl (C=O) groups excluding carboxylic acids is 2. The SMILES string of the molecule is CN=C(NCCN1C(=O)CNC1=O)NCc1csc(N(C)C)n1.I. The van der Waals surface area contributed by atoms with Crippen LogP contribution in [-0.4, -0.2) is 68.6 Å². The van der Waals surface area contributed by atoms with Crippen molar-refractivity contribution in [2.45, 2.75) is 6.54 Å². The Bertz CT molecular complexity index is 589. The maximum atomic E-state index is 11.5. The Labute approximate surface area is 161 Å². The molecule has 1 aliphatic rings. The summed E-state index contributed by atoms with van der Waals surface area (Å²) in [5.74, 6) is 0.384. The minimum Gasteiger partial charge on any atom is -0.355 e. The monoisotopic (exact) mass is 467 g/mol. The van der Waals surface area contributed by atoms with Crippen molar-refractivity contribution >= 4 is 58.3 Å². The van der Waals surface area contributed by atoms with E-state index >= 15 is 0 Å². The van der Waals surface area contributed by atoms with E-state index in [1.165, 1.54) is 4.90 Å². The molecule has 0 saturated carbocycles. The molecule has 134 valence electrons. The first-order valence-corrected chi connectivity index (χ1v) is 8.03. The van der Waals surface area contributed by atoms with Gasteiger partial charge >= 0.3 is 6.03 Å². The smallest absolute Gasteiger partial charge is 0.324 e. The molecule has 0 unspecified atom stereocenters. The number of aromatic nitrogens is 1. The van der Waals surface area contributed by atoms with Crippen LogP contribution in [0.1, 0.15) is 5.69 Å². The number of guanidine groups is 1. The number of nitrogens with one attached hydrogen (secondary N) is 3. The number of nitrogens with zero attached hydrogens (tertiary/aromatic N) is 4. The molecule has 24 heavy (non-hydrogen) atoms. The Morgan fingerprint density at radius 2 is 2.21 bits per heavy atom. The van der Waals surface area contributed by atoms with Crippen molar-refractivity contribution in [2.75, 3.05) is 45.7 Å². The van der Waals surface area contributed by atoms with Crippen LogP contribution in [0.25, 0.3) is 0 Å². The summed E-state index contributed by atoms with van der Waals surface area (Å²) in [5.41, 5.74) is 0.927. The van der Waals surface area contributed by atoms with Gasteiger partial charge in [-0.1, -0.05) is 0 Å². The molecule has 2 heterocycles. The van der Waals surface area contributed by atoms with Gasteiger partial charge in [0.2, 0.25) is 5.91 Å². The number of rotatable bonds is 6. The number of halogens is 1. The average molecular weight is 467 g/mol. The molecule has 0 atom stereocenters. The normalized spacial score (nSPS) is 14.3. The standard InChI is InChI=1S/C13H21N7O2S.HI/c1-14-11(15-4-5-20-10(21)7-17-12(20)22)16-6-9-8-23-13(18-9)19(2)3;/h8H,4-7H2,1-3H3,(H,17,22)(H2,14,15,16);1H. The van der Waals surface area contributed by atoms with Crippen LogP contribution in [0.2, 0.25) is 0 Å². The van der Waals surface area contributed by atoms with Gasteiger partial charge in [0, 0.05) is 39.6 Å². The number of urea groups is 1. The molecule has 11 heteroatoms. The van der Waals surface area contributed by atoms with E-state index in [-0.39, 0.29) is 42.5 Å². The summed E-state index contributed by atoms with van der Waals surface area (Å²) in [5, 5.41) is 11.6. The Hall–Kier alpha value is -1.63. The predicted molar refractivity (Wildman–Crippen MR) is 105 cm³/mol. The molecule has 1 aromatic rings. The predicted octanol–water partition coefficient (Wildman–Crippen LogP) is 0.0439. The van der Waals surface area contributed by atoms with Crippen LogP contribution in [0.4, 0.5) is 9.93 Å². The maximum absolute atomic E-state index is 11.5. The van der Waals surface area contributed by atoms with Gasteiger partial charge in [-0.05, 0) is 0 Å². The Morgan fingerprint density at radius 3 is 2.75 bits per heavy atom. The summed E-state index contributed by atoms with van der Waals surface area (Å²) in [7, 11) is 5.56. The zero-order chi connectivity index (χ0) is 16.8. The van der Waals surface area contributed by atoms with Crippen molar-refractivity contribution in [3.8, 4) is 0 Å². The Kier molecular flexibility index (Phi) is 8.18. The number of anilines is 1. The summed E-state index contributed by atoms with van der Waals surface area (Å²) in [4.78, 5) is 34.6. The topological polar surface area (TPSA) is 102 Å². The van der Waals surface area contributed by atoms with Crippen molar-refractivity contribution < 1.29 is 9.59 Å². The molecule has 2 rings (SSSR count). The summed E-state index contributed by atoms with van der Waals surface area (Å²) in [6.45, 7) is 1.35. The Morgan fingerprint density at radius 1 is 1.46 bits per heavy atom. The van der Waals surface area contributed by atoms with Crippen LogP contribution >= 0.6 is 35.3 Å². The van der Waals surface area contributed by atoms with Gasteiger partial charge in [-0.25, -0.2) is 9.78 Å². The lowest BCUT2D eigenvalue weighted by Gasteiger charge is -2.15. The molecule has 3 N–H and O–H groups in total. The zero-order valence-electron chi connectivity index (χ0n) is 13.8. The van der Waals surface area contributed by atoms with Crippen LogP contribution < -0.4 is 20.9 Å². The van der Waals surface area contributed by atoms with Crippen molar-refractivity contribution in [3.05, 3.63) is 11.1 Å². The molecule has 9 nitrogen and oxygen atoms in total. The first-order valence-electron chi connectivity index (χ1n) is 7.15. The minimum atomic E-state index is -0.349. The van der Waals surface area contributed by atoms with E-state index in [9.17, 15) is 9.59 Å². The Balaban J connectivity index is 0.00000288. The number of aliphatic imine (C=N–C) groups is 1. The summed E-state index contributed by atoms with van der Waals surface area (Å²) < 4.78 is 0. The van der Waals surface area contributed by atoms with Crippen molar-refractivity contribution in [3.63, 3.8) is 0 Å². The average Bonchev–Trinajstić information content (AvgIpc) is 3.12. The number of hydrogen-bond acceptors (Lipinski definition) is 6.